The molecule has 0 saturated carbocycles. The van der Waals surface area contributed by atoms with E-state index < -0.39 is 10.9 Å². The van der Waals surface area contributed by atoms with Crippen molar-refractivity contribution in [1.82, 2.24) is 0 Å². The van der Waals surface area contributed by atoms with Crippen molar-refractivity contribution >= 4 is 11.7 Å². The Hall–Kier alpha value is -2.89. The Kier molecular flexibility index (Phi) is 3.65. The zero-order chi connectivity index (χ0) is 14.7. The number of carboxylic acids is 1. The fourth-order valence-corrected chi connectivity index (χ4v) is 1.74. The molecule has 0 bridgehead atoms. The molecule has 2 aromatic carbocycles. The molecule has 1 N–H and O–H groups in total. The number of aromatic carboxylic acids is 1. The van der Waals surface area contributed by atoms with Gasteiger partial charge in [0.15, 0.2) is 0 Å². The van der Waals surface area contributed by atoms with E-state index in [1.165, 1.54) is 6.07 Å². The van der Waals surface area contributed by atoms with E-state index >= 15 is 0 Å². The van der Waals surface area contributed by atoms with E-state index in [0.717, 1.165) is 6.07 Å². The Balaban J connectivity index is 2.49. The first-order valence-corrected chi connectivity index (χ1v) is 5.74. The lowest BCUT2D eigenvalue weighted by atomic mass is 10.1. The molecule has 2 aromatic rings. The van der Waals surface area contributed by atoms with E-state index in [1.54, 1.807) is 37.3 Å². The maximum atomic E-state index is 11.0. The van der Waals surface area contributed by atoms with Crippen LogP contribution in [0, 0.1) is 17.0 Å². The molecule has 20 heavy (non-hydrogen) atoms. The number of carboxylic acid groups (broad SMARTS) is 1. The second-order valence-corrected chi connectivity index (χ2v) is 4.11. The molecule has 0 fully saturated rings. The third-order valence-electron chi connectivity index (χ3n) is 2.70. The molecule has 0 radical (unpaired) electrons. The maximum Gasteiger partial charge on any atom is 0.336 e. The third-order valence-corrected chi connectivity index (χ3v) is 2.70. The largest absolute Gasteiger partial charge is 0.478 e. The van der Waals surface area contributed by atoms with Gasteiger partial charge in [-0.3, -0.25) is 10.1 Å². The van der Waals surface area contributed by atoms with Crippen LogP contribution < -0.4 is 4.74 Å². The summed E-state index contributed by atoms with van der Waals surface area (Å²) in [7, 11) is 0. The van der Waals surface area contributed by atoms with Crippen LogP contribution in [-0.2, 0) is 0 Å². The second kappa shape index (κ2) is 5.40. The molecule has 6 nitrogen and oxygen atoms in total. The van der Waals surface area contributed by atoms with Gasteiger partial charge in [-0.25, -0.2) is 4.79 Å². The summed E-state index contributed by atoms with van der Waals surface area (Å²) in [6, 6.07) is 10.9. The predicted molar refractivity (Wildman–Crippen MR) is 71.3 cm³/mol. The van der Waals surface area contributed by atoms with Crippen LogP contribution in [0.4, 0.5) is 5.69 Å². The van der Waals surface area contributed by atoms with E-state index in [1.807, 2.05) is 0 Å². The average Bonchev–Trinajstić information content (AvgIpc) is 2.39. The molecule has 2 rings (SSSR count). The lowest BCUT2D eigenvalue weighted by Crippen LogP contribution is -2.03. The number of ether oxygens (including phenoxy) is 1. The van der Waals surface area contributed by atoms with Crippen molar-refractivity contribution in [2.45, 2.75) is 6.92 Å². The minimum atomic E-state index is -1.21. The number of para-hydroxylation sites is 1. The molecule has 0 aliphatic heterocycles. The highest BCUT2D eigenvalue weighted by Crippen LogP contribution is 2.33. The summed E-state index contributed by atoms with van der Waals surface area (Å²) >= 11 is 0. The van der Waals surface area contributed by atoms with E-state index in [2.05, 4.69) is 0 Å². The normalized spacial score (nSPS) is 10.1. The van der Waals surface area contributed by atoms with Crippen molar-refractivity contribution in [2.75, 3.05) is 0 Å². The monoisotopic (exact) mass is 273 g/mol. The Morgan fingerprint density at radius 1 is 1.25 bits per heavy atom. The molecular formula is C14H11NO5. The number of hydrogen-bond donors (Lipinski definition) is 1. The van der Waals surface area contributed by atoms with Crippen LogP contribution in [-0.4, -0.2) is 16.0 Å². The lowest BCUT2D eigenvalue weighted by Gasteiger charge is -2.08. The molecule has 102 valence electrons. The third kappa shape index (κ3) is 2.74. The van der Waals surface area contributed by atoms with Crippen LogP contribution in [0.15, 0.2) is 42.5 Å². The van der Waals surface area contributed by atoms with Gasteiger partial charge in [0.05, 0.1) is 10.5 Å². The number of hydrogen-bond acceptors (Lipinski definition) is 4. The zero-order valence-corrected chi connectivity index (χ0v) is 10.6. The van der Waals surface area contributed by atoms with Gasteiger partial charge in [0.25, 0.3) is 0 Å². The fraction of sp³-hybridized carbons (Fsp3) is 0.0714. The van der Waals surface area contributed by atoms with Crippen molar-refractivity contribution in [1.29, 1.82) is 0 Å². The van der Waals surface area contributed by atoms with E-state index in [9.17, 15) is 14.9 Å². The van der Waals surface area contributed by atoms with Gasteiger partial charge in [-0.15, -0.1) is 0 Å². The Morgan fingerprint density at radius 2 is 1.90 bits per heavy atom. The van der Waals surface area contributed by atoms with E-state index in [-0.39, 0.29) is 17.0 Å². The van der Waals surface area contributed by atoms with E-state index in [0.29, 0.717) is 11.3 Å². The number of aryl methyl sites for hydroxylation is 1. The first-order valence-electron chi connectivity index (χ1n) is 5.74. The molecule has 0 unspecified atom stereocenters. The molecule has 0 aromatic heterocycles. The SMILES string of the molecule is Cc1cc(Oc2ccccc2)c([N+](=O)[O-])cc1C(=O)O. The van der Waals surface area contributed by atoms with Gasteiger partial charge >= 0.3 is 11.7 Å². The summed E-state index contributed by atoms with van der Waals surface area (Å²) in [4.78, 5) is 21.4. The highest BCUT2D eigenvalue weighted by Gasteiger charge is 2.21. The topological polar surface area (TPSA) is 89.7 Å². The van der Waals surface area contributed by atoms with Gasteiger partial charge in [0.2, 0.25) is 5.75 Å². The summed E-state index contributed by atoms with van der Waals surface area (Å²) in [5.74, 6) is -0.751. The first kappa shape index (κ1) is 13.5. The van der Waals surface area contributed by atoms with Crippen molar-refractivity contribution < 1.29 is 19.6 Å². The predicted octanol–water partition coefficient (Wildman–Crippen LogP) is 3.39. The number of nitrogens with zero attached hydrogens (tertiary/aromatic N) is 1. The Morgan fingerprint density at radius 3 is 2.45 bits per heavy atom. The molecule has 0 amide bonds. The van der Waals surface area contributed by atoms with Gasteiger partial charge in [-0.1, -0.05) is 18.2 Å². The Bertz CT molecular complexity index is 667. The quantitative estimate of drug-likeness (QED) is 0.681. The minimum absolute atomic E-state index is 0.0173. The van der Waals surface area contributed by atoms with Crippen LogP contribution in [0.1, 0.15) is 15.9 Å². The molecule has 0 saturated heterocycles. The highest BCUT2D eigenvalue weighted by atomic mass is 16.6. The summed E-state index contributed by atoms with van der Waals surface area (Å²) < 4.78 is 5.45. The number of nitro groups is 1. The summed E-state index contributed by atoms with van der Waals surface area (Å²) in [5.41, 5.74) is -0.0944. The molecule has 6 heteroatoms. The fourth-order valence-electron chi connectivity index (χ4n) is 1.74. The summed E-state index contributed by atoms with van der Waals surface area (Å²) in [6.45, 7) is 1.56. The van der Waals surface area contributed by atoms with Crippen LogP contribution >= 0.6 is 0 Å². The Labute approximate surface area is 114 Å². The van der Waals surface area contributed by atoms with Gasteiger partial charge < -0.3 is 9.84 Å². The standard InChI is InChI=1S/C14H11NO5/c1-9-7-13(20-10-5-3-2-4-6-10)12(15(18)19)8-11(9)14(16)17/h2-8H,1H3,(H,16,17). The minimum Gasteiger partial charge on any atom is -0.478 e. The number of benzene rings is 2. The van der Waals surface area contributed by atoms with Gasteiger partial charge in [-0.2, -0.15) is 0 Å². The van der Waals surface area contributed by atoms with Gasteiger partial charge in [0, 0.05) is 6.07 Å². The van der Waals surface area contributed by atoms with Crippen LogP contribution in [0.25, 0.3) is 0 Å². The number of carbonyl (C=O) groups is 1. The van der Waals surface area contributed by atoms with Gasteiger partial charge in [-0.05, 0) is 30.7 Å². The molecule has 0 atom stereocenters. The number of nitro benzene ring substituents is 1. The van der Waals surface area contributed by atoms with Crippen molar-refractivity contribution in [3.8, 4) is 11.5 Å². The van der Waals surface area contributed by atoms with Gasteiger partial charge in [0.1, 0.15) is 5.75 Å². The molecule has 0 aliphatic rings. The van der Waals surface area contributed by atoms with E-state index in [4.69, 9.17) is 9.84 Å². The maximum absolute atomic E-state index is 11.0. The second-order valence-electron chi connectivity index (χ2n) is 4.11. The lowest BCUT2D eigenvalue weighted by molar-refractivity contribution is -0.385. The first-order chi connectivity index (χ1) is 9.49. The summed E-state index contributed by atoms with van der Waals surface area (Å²) in [6.07, 6.45) is 0. The van der Waals surface area contributed by atoms with Crippen LogP contribution in [0.3, 0.4) is 0 Å². The molecule has 0 spiro atoms. The van der Waals surface area contributed by atoms with Crippen molar-refractivity contribution in [3.05, 3.63) is 63.7 Å². The van der Waals surface area contributed by atoms with Crippen LogP contribution in [0.5, 0.6) is 11.5 Å². The number of rotatable bonds is 4. The average molecular weight is 273 g/mol. The van der Waals surface area contributed by atoms with Crippen molar-refractivity contribution in [3.63, 3.8) is 0 Å². The van der Waals surface area contributed by atoms with Crippen molar-refractivity contribution in [2.24, 2.45) is 0 Å². The molecule has 0 heterocycles. The zero-order valence-electron chi connectivity index (χ0n) is 10.6. The molecule has 0 aliphatic carbocycles. The summed E-state index contributed by atoms with van der Waals surface area (Å²) in [5, 5.41) is 20.0. The highest BCUT2D eigenvalue weighted by molar-refractivity contribution is 5.90. The van der Waals surface area contributed by atoms with Crippen LogP contribution in [0.2, 0.25) is 0 Å². The molecular weight excluding hydrogens is 262 g/mol. The smallest absolute Gasteiger partial charge is 0.336 e.